The van der Waals surface area contributed by atoms with Gasteiger partial charge in [-0.3, -0.25) is 4.57 Å². The van der Waals surface area contributed by atoms with Gasteiger partial charge in [-0.2, -0.15) is 0 Å². The Labute approximate surface area is 125 Å². The molecule has 0 bridgehead atoms. The first-order valence-corrected chi connectivity index (χ1v) is 9.06. The van der Waals surface area contributed by atoms with Crippen LogP contribution in [0.15, 0.2) is 60.7 Å². The summed E-state index contributed by atoms with van der Waals surface area (Å²) in [6.07, 6.45) is 1.12. The molecule has 0 spiro atoms. The lowest BCUT2D eigenvalue weighted by Crippen LogP contribution is -2.07. The molecule has 2 atom stereocenters. The van der Waals surface area contributed by atoms with Gasteiger partial charge in [0, 0.05) is 12.8 Å². The Balaban J connectivity index is 2.12. The highest BCUT2D eigenvalue weighted by atomic mass is 31.2. The number of rotatable bonds is 7. The van der Waals surface area contributed by atoms with Gasteiger partial charge in [0.25, 0.3) is 0 Å². The molecule has 0 aliphatic rings. The van der Waals surface area contributed by atoms with Crippen molar-refractivity contribution in [1.29, 1.82) is 0 Å². The van der Waals surface area contributed by atoms with E-state index in [2.05, 4.69) is 0 Å². The van der Waals surface area contributed by atoms with Gasteiger partial charge in [0.1, 0.15) is 0 Å². The Bertz CT molecular complexity index is 583. The fraction of sp³-hybridized carbons (Fsp3) is 0.294. The van der Waals surface area contributed by atoms with Gasteiger partial charge >= 0.3 is 0 Å². The molecule has 2 aromatic rings. The minimum atomic E-state index is -3.37. The predicted octanol–water partition coefficient (Wildman–Crippen LogP) is 3.62. The topological polar surface area (TPSA) is 57.5 Å². The molecule has 0 aromatic heterocycles. The fourth-order valence-corrected chi connectivity index (χ4v) is 4.54. The largest absolute Gasteiger partial charge is 0.396 e. The Morgan fingerprint density at radius 3 is 2.10 bits per heavy atom. The first-order valence-electron chi connectivity index (χ1n) is 7.15. The normalized spacial score (nSPS) is 15.3. The van der Waals surface area contributed by atoms with Crippen molar-refractivity contribution in [3.8, 4) is 0 Å². The smallest absolute Gasteiger partial charge is 0.208 e. The number of aryl methyl sites for hydroxylation is 1. The van der Waals surface area contributed by atoms with Crippen molar-refractivity contribution in [2.45, 2.75) is 18.5 Å². The van der Waals surface area contributed by atoms with Crippen LogP contribution in [0.2, 0.25) is 0 Å². The molecular formula is C17H21O3P. The van der Waals surface area contributed by atoms with Crippen molar-refractivity contribution in [1.82, 2.24) is 0 Å². The SMILES string of the molecule is O=P(O)(CCc1ccccc1)C(CCO)c1ccccc1. The van der Waals surface area contributed by atoms with Crippen LogP contribution in [0, 0.1) is 0 Å². The third kappa shape index (κ3) is 4.53. The van der Waals surface area contributed by atoms with Crippen LogP contribution in [-0.2, 0) is 11.0 Å². The van der Waals surface area contributed by atoms with Gasteiger partial charge in [-0.05, 0) is 24.0 Å². The summed E-state index contributed by atoms with van der Waals surface area (Å²) < 4.78 is 12.7. The Kier molecular flexibility index (Phi) is 5.75. The van der Waals surface area contributed by atoms with E-state index in [-0.39, 0.29) is 12.8 Å². The summed E-state index contributed by atoms with van der Waals surface area (Å²) >= 11 is 0. The zero-order valence-corrected chi connectivity index (χ0v) is 12.8. The summed E-state index contributed by atoms with van der Waals surface area (Å²) in [6.45, 7) is -0.0878. The van der Waals surface area contributed by atoms with Gasteiger partial charge in [0.15, 0.2) is 0 Å². The van der Waals surface area contributed by atoms with Gasteiger partial charge in [0.2, 0.25) is 7.37 Å². The number of benzene rings is 2. The monoisotopic (exact) mass is 304 g/mol. The van der Waals surface area contributed by atoms with Crippen LogP contribution < -0.4 is 0 Å². The Hall–Kier alpha value is -1.41. The van der Waals surface area contributed by atoms with E-state index in [4.69, 9.17) is 0 Å². The number of hydrogen-bond donors (Lipinski definition) is 2. The zero-order chi connectivity index (χ0) is 15.1. The maximum atomic E-state index is 12.7. The van der Waals surface area contributed by atoms with Gasteiger partial charge in [-0.15, -0.1) is 0 Å². The van der Waals surface area contributed by atoms with Crippen LogP contribution >= 0.6 is 7.37 Å². The van der Waals surface area contributed by atoms with Crippen LogP contribution in [0.25, 0.3) is 0 Å². The third-order valence-electron chi connectivity index (χ3n) is 3.64. The summed E-state index contributed by atoms with van der Waals surface area (Å²) in [5, 5.41) is 9.21. The van der Waals surface area contributed by atoms with Crippen molar-refractivity contribution in [2.24, 2.45) is 0 Å². The molecule has 3 nitrogen and oxygen atoms in total. The van der Waals surface area contributed by atoms with Crippen molar-refractivity contribution >= 4 is 7.37 Å². The highest BCUT2D eigenvalue weighted by Crippen LogP contribution is 2.57. The van der Waals surface area contributed by atoms with Crippen molar-refractivity contribution < 1.29 is 14.6 Å². The summed E-state index contributed by atoms with van der Waals surface area (Å²) in [7, 11) is -3.37. The molecule has 0 aliphatic heterocycles. The number of hydrogen-bond acceptors (Lipinski definition) is 2. The molecule has 0 saturated heterocycles. The molecule has 2 N–H and O–H groups in total. The van der Waals surface area contributed by atoms with Crippen LogP contribution in [-0.4, -0.2) is 22.8 Å². The lowest BCUT2D eigenvalue weighted by atomic mass is 10.1. The molecule has 0 aliphatic carbocycles. The summed E-state index contributed by atoms with van der Waals surface area (Å²) in [5.41, 5.74) is 1.39. The average Bonchev–Trinajstić information content (AvgIpc) is 2.52. The molecule has 2 rings (SSSR count). The predicted molar refractivity (Wildman–Crippen MR) is 85.7 cm³/mol. The molecule has 2 unspecified atom stereocenters. The molecule has 0 amide bonds. The van der Waals surface area contributed by atoms with Crippen LogP contribution in [0.1, 0.15) is 23.2 Å². The standard InChI is InChI=1S/C17H21O3P/c18-13-11-17(16-9-5-2-6-10-16)21(19,20)14-12-15-7-3-1-4-8-15/h1-10,17-18H,11-14H2,(H,19,20). The van der Waals surface area contributed by atoms with Gasteiger partial charge in [-0.1, -0.05) is 60.7 Å². The van der Waals surface area contributed by atoms with Crippen LogP contribution in [0.5, 0.6) is 0 Å². The average molecular weight is 304 g/mol. The molecule has 0 fully saturated rings. The van der Waals surface area contributed by atoms with Crippen LogP contribution in [0.4, 0.5) is 0 Å². The molecular weight excluding hydrogens is 283 g/mol. The minimum Gasteiger partial charge on any atom is -0.396 e. The maximum absolute atomic E-state index is 12.7. The van der Waals surface area contributed by atoms with Crippen LogP contribution in [0.3, 0.4) is 0 Å². The van der Waals surface area contributed by atoms with Crippen molar-refractivity contribution in [3.63, 3.8) is 0 Å². The second-order valence-electron chi connectivity index (χ2n) is 5.15. The summed E-state index contributed by atoms with van der Waals surface area (Å²) in [5.74, 6) is 0. The molecule has 4 heteroatoms. The van der Waals surface area contributed by atoms with E-state index in [9.17, 15) is 14.6 Å². The lowest BCUT2D eigenvalue weighted by Gasteiger charge is -2.23. The number of aliphatic hydroxyl groups excluding tert-OH is 1. The van der Waals surface area contributed by atoms with E-state index in [0.29, 0.717) is 12.8 Å². The van der Waals surface area contributed by atoms with Gasteiger partial charge < -0.3 is 10.00 Å². The molecule has 21 heavy (non-hydrogen) atoms. The highest BCUT2D eigenvalue weighted by molar-refractivity contribution is 7.58. The highest BCUT2D eigenvalue weighted by Gasteiger charge is 2.31. The molecule has 2 aromatic carbocycles. The molecule has 112 valence electrons. The van der Waals surface area contributed by atoms with E-state index in [1.54, 1.807) is 0 Å². The first-order chi connectivity index (χ1) is 10.1. The second-order valence-corrected chi connectivity index (χ2v) is 7.74. The van der Waals surface area contributed by atoms with E-state index < -0.39 is 13.0 Å². The van der Waals surface area contributed by atoms with Crippen molar-refractivity contribution in [3.05, 3.63) is 71.8 Å². The quantitative estimate of drug-likeness (QED) is 0.768. The third-order valence-corrected chi connectivity index (χ3v) is 6.03. The van der Waals surface area contributed by atoms with Gasteiger partial charge in [0.05, 0.1) is 5.66 Å². The minimum absolute atomic E-state index is 0.0878. The fourth-order valence-electron chi connectivity index (χ4n) is 2.49. The summed E-state index contributed by atoms with van der Waals surface area (Å²) in [4.78, 5) is 10.5. The van der Waals surface area contributed by atoms with E-state index in [0.717, 1.165) is 11.1 Å². The molecule has 0 heterocycles. The first kappa shape index (κ1) is 16.0. The Morgan fingerprint density at radius 1 is 0.952 bits per heavy atom. The Morgan fingerprint density at radius 2 is 1.52 bits per heavy atom. The lowest BCUT2D eigenvalue weighted by molar-refractivity contribution is 0.282. The molecule has 0 saturated carbocycles. The zero-order valence-electron chi connectivity index (χ0n) is 11.9. The second kappa shape index (κ2) is 7.56. The van der Waals surface area contributed by atoms with E-state index >= 15 is 0 Å². The van der Waals surface area contributed by atoms with Crippen molar-refractivity contribution in [2.75, 3.05) is 12.8 Å². The number of aliphatic hydroxyl groups is 1. The van der Waals surface area contributed by atoms with E-state index in [1.165, 1.54) is 0 Å². The summed E-state index contributed by atoms with van der Waals surface area (Å²) in [6, 6.07) is 19.0. The van der Waals surface area contributed by atoms with E-state index in [1.807, 2.05) is 60.7 Å². The molecule has 0 radical (unpaired) electrons. The maximum Gasteiger partial charge on any atom is 0.208 e. The van der Waals surface area contributed by atoms with Gasteiger partial charge in [-0.25, -0.2) is 0 Å².